The van der Waals surface area contributed by atoms with Crippen LogP contribution in [0.15, 0.2) is 28.7 Å². The summed E-state index contributed by atoms with van der Waals surface area (Å²) in [4.78, 5) is 0. The third-order valence-corrected chi connectivity index (χ3v) is 2.40. The Balaban J connectivity index is 2.69. The molecule has 0 aliphatic heterocycles. The summed E-state index contributed by atoms with van der Waals surface area (Å²) >= 11 is 5.95. The van der Waals surface area contributed by atoms with E-state index in [9.17, 15) is 5.11 Å². The van der Waals surface area contributed by atoms with Gasteiger partial charge in [0, 0.05) is 5.39 Å². The molecule has 0 saturated heterocycles. The lowest BCUT2D eigenvalue weighted by molar-refractivity contribution is 0.0559. The number of benzene rings is 1. The van der Waals surface area contributed by atoms with Crippen molar-refractivity contribution in [2.24, 2.45) is 0 Å². The summed E-state index contributed by atoms with van der Waals surface area (Å²) in [5, 5.41) is 11.2. The van der Waals surface area contributed by atoms with Crippen molar-refractivity contribution >= 4 is 22.6 Å². The molecule has 0 fully saturated rings. The zero-order valence-electron chi connectivity index (χ0n) is 8.04. The van der Waals surface area contributed by atoms with Crippen molar-refractivity contribution in [3.05, 3.63) is 35.0 Å². The van der Waals surface area contributed by atoms with Crippen LogP contribution in [-0.4, -0.2) is 5.11 Å². The standard InChI is InChI=1S/C11H11ClO2/c1-11(2,13)9-6-7-4-3-5-8(12)10(7)14-9/h3-6,13H,1-2H3. The largest absolute Gasteiger partial charge is 0.456 e. The van der Waals surface area contributed by atoms with Crippen molar-refractivity contribution in [2.45, 2.75) is 19.4 Å². The highest BCUT2D eigenvalue weighted by molar-refractivity contribution is 6.34. The lowest BCUT2D eigenvalue weighted by Crippen LogP contribution is -2.13. The van der Waals surface area contributed by atoms with Crippen LogP contribution in [0.3, 0.4) is 0 Å². The average molecular weight is 211 g/mol. The van der Waals surface area contributed by atoms with Crippen LogP contribution >= 0.6 is 11.6 Å². The highest BCUT2D eigenvalue weighted by atomic mass is 35.5. The topological polar surface area (TPSA) is 33.4 Å². The Morgan fingerprint density at radius 1 is 1.36 bits per heavy atom. The Labute approximate surface area is 87.1 Å². The van der Waals surface area contributed by atoms with E-state index < -0.39 is 5.60 Å². The normalized spacial score (nSPS) is 12.3. The number of fused-ring (bicyclic) bond motifs is 1. The van der Waals surface area contributed by atoms with Crippen molar-refractivity contribution in [3.63, 3.8) is 0 Å². The fraction of sp³-hybridized carbons (Fsp3) is 0.273. The number of rotatable bonds is 1. The first-order chi connectivity index (χ1) is 6.48. The molecule has 1 aromatic heterocycles. The Morgan fingerprint density at radius 2 is 2.07 bits per heavy atom. The number of furan rings is 1. The van der Waals surface area contributed by atoms with Crippen molar-refractivity contribution < 1.29 is 9.52 Å². The fourth-order valence-corrected chi connectivity index (χ4v) is 1.55. The first kappa shape index (κ1) is 9.56. The Hall–Kier alpha value is -0.990. The van der Waals surface area contributed by atoms with Gasteiger partial charge in [-0.15, -0.1) is 0 Å². The van der Waals surface area contributed by atoms with Gasteiger partial charge in [-0.2, -0.15) is 0 Å². The van der Waals surface area contributed by atoms with Crippen LogP contribution in [0, 0.1) is 0 Å². The lowest BCUT2D eigenvalue weighted by atomic mass is 10.1. The molecule has 0 radical (unpaired) electrons. The van der Waals surface area contributed by atoms with Crippen molar-refractivity contribution in [3.8, 4) is 0 Å². The number of hydrogen-bond acceptors (Lipinski definition) is 2. The first-order valence-corrected chi connectivity index (χ1v) is 4.77. The van der Waals surface area contributed by atoms with E-state index in [1.165, 1.54) is 0 Å². The monoisotopic (exact) mass is 210 g/mol. The molecule has 0 saturated carbocycles. The molecule has 2 nitrogen and oxygen atoms in total. The second-order valence-electron chi connectivity index (χ2n) is 3.83. The summed E-state index contributed by atoms with van der Waals surface area (Å²) in [5.41, 5.74) is -0.339. The summed E-state index contributed by atoms with van der Waals surface area (Å²) < 4.78 is 5.48. The molecule has 0 aliphatic rings. The van der Waals surface area contributed by atoms with Crippen LogP contribution in [-0.2, 0) is 5.60 Å². The van der Waals surface area contributed by atoms with E-state index in [1.54, 1.807) is 26.0 Å². The Bertz CT molecular complexity index is 466. The van der Waals surface area contributed by atoms with E-state index in [4.69, 9.17) is 16.0 Å². The van der Waals surface area contributed by atoms with Crippen LogP contribution in [0.25, 0.3) is 11.0 Å². The summed E-state index contributed by atoms with van der Waals surface area (Å²) in [7, 11) is 0. The zero-order valence-corrected chi connectivity index (χ0v) is 8.80. The summed E-state index contributed by atoms with van der Waals surface area (Å²) in [6.07, 6.45) is 0. The molecule has 0 amide bonds. The van der Waals surface area contributed by atoms with Gasteiger partial charge in [0.05, 0.1) is 5.02 Å². The maximum Gasteiger partial charge on any atom is 0.153 e. The van der Waals surface area contributed by atoms with Gasteiger partial charge in [-0.3, -0.25) is 0 Å². The maximum absolute atomic E-state index is 9.74. The van der Waals surface area contributed by atoms with Crippen molar-refractivity contribution in [1.29, 1.82) is 0 Å². The quantitative estimate of drug-likeness (QED) is 0.784. The highest BCUT2D eigenvalue weighted by Gasteiger charge is 2.21. The van der Waals surface area contributed by atoms with Gasteiger partial charge in [-0.05, 0) is 26.0 Å². The van der Waals surface area contributed by atoms with E-state index in [2.05, 4.69) is 0 Å². The molecule has 0 bridgehead atoms. The van der Waals surface area contributed by atoms with Gasteiger partial charge < -0.3 is 9.52 Å². The minimum absolute atomic E-state index is 0.528. The molecular formula is C11H11ClO2. The van der Waals surface area contributed by atoms with Crippen LogP contribution in [0.5, 0.6) is 0 Å². The third-order valence-electron chi connectivity index (χ3n) is 2.10. The van der Waals surface area contributed by atoms with E-state index >= 15 is 0 Å². The molecule has 2 aromatic rings. The molecule has 0 aliphatic carbocycles. The summed E-state index contributed by atoms with van der Waals surface area (Å²) in [6, 6.07) is 7.33. The van der Waals surface area contributed by atoms with Gasteiger partial charge in [0.1, 0.15) is 11.4 Å². The number of halogens is 1. The van der Waals surface area contributed by atoms with Crippen molar-refractivity contribution in [1.82, 2.24) is 0 Å². The van der Waals surface area contributed by atoms with Crippen LogP contribution < -0.4 is 0 Å². The molecule has 0 atom stereocenters. The fourth-order valence-electron chi connectivity index (χ4n) is 1.33. The minimum atomic E-state index is -0.970. The highest BCUT2D eigenvalue weighted by Crippen LogP contribution is 2.31. The molecule has 14 heavy (non-hydrogen) atoms. The molecule has 0 unspecified atom stereocenters. The SMILES string of the molecule is CC(C)(O)c1cc2cccc(Cl)c2o1. The van der Waals surface area contributed by atoms with Crippen molar-refractivity contribution in [2.75, 3.05) is 0 Å². The Morgan fingerprint density at radius 3 is 2.64 bits per heavy atom. The first-order valence-electron chi connectivity index (χ1n) is 4.39. The number of aliphatic hydroxyl groups is 1. The predicted octanol–water partition coefficient (Wildman–Crippen LogP) is 3.31. The molecule has 1 heterocycles. The van der Waals surface area contributed by atoms with Gasteiger partial charge in [-0.1, -0.05) is 23.7 Å². The van der Waals surface area contributed by atoms with E-state index in [-0.39, 0.29) is 0 Å². The van der Waals surface area contributed by atoms with Crippen LogP contribution in [0.2, 0.25) is 5.02 Å². The second-order valence-corrected chi connectivity index (χ2v) is 4.24. The second kappa shape index (κ2) is 3.01. The molecule has 1 N–H and O–H groups in total. The Kier molecular flexibility index (Phi) is 2.05. The molecule has 2 rings (SSSR count). The van der Waals surface area contributed by atoms with Gasteiger partial charge >= 0.3 is 0 Å². The smallest absolute Gasteiger partial charge is 0.153 e. The van der Waals surface area contributed by atoms with E-state index in [1.807, 2.05) is 12.1 Å². The number of para-hydroxylation sites is 1. The average Bonchev–Trinajstić information content (AvgIpc) is 2.48. The maximum atomic E-state index is 9.74. The summed E-state index contributed by atoms with van der Waals surface area (Å²) in [5.74, 6) is 0.528. The van der Waals surface area contributed by atoms with Crippen LogP contribution in [0.4, 0.5) is 0 Å². The lowest BCUT2D eigenvalue weighted by Gasteiger charge is -2.12. The van der Waals surface area contributed by atoms with E-state index in [0.29, 0.717) is 16.4 Å². The zero-order chi connectivity index (χ0) is 10.3. The molecular weight excluding hydrogens is 200 g/mol. The number of hydrogen-bond donors (Lipinski definition) is 1. The molecule has 3 heteroatoms. The van der Waals surface area contributed by atoms with Gasteiger partial charge in [0.2, 0.25) is 0 Å². The molecule has 74 valence electrons. The minimum Gasteiger partial charge on any atom is -0.456 e. The van der Waals surface area contributed by atoms with Crippen LogP contribution in [0.1, 0.15) is 19.6 Å². The van der Waals surface area contributed by atoms with E-state index in [0.717, 1.165) is 5.39 Å². The molecule has 1 aromatic carbocycles. The van der Waals surface area contributed by atoms with Gasteiger partial charge in [-0.25, -0.2) is 0 Å². The predicted molar refractivity (Wildman–Crippen MR) is 56.5 cm³/mol. The molecule has 0 spiro atoms. The van der Waals surface area contributed by atoms with Gasteiger partial charge in [0.15, 0.2) is 5.58 Å². The third kappa shape index (κ3) is 1.51. The summed E-state index contributed by atoms with van der Waals surface area (Å²) in [6.45, 7) is 3.36. The van der Waals surface area contributed by atoms with Gasteiger partial charge in [0.25, 0.3) is 0 Å².